The monoisotopic (exact) mass is 250 g/mol. The molecule has 2 rings (SSSR count). The molecule has 1 atom stereocenters. The molecular formula is C13H11ClO3. The Kier molecular flexibility index (Phi) is 3.20. The number of fused-ring (bicyclic) bond motifs is 1. The van der Waals surface area contributed by atoms with Crippen molar-refractivity contribution in [2.24, 2.45) is 0 Å². The summed E-state index contributed by atoms with van der Waals surface area (Å²) in [5.74, 6) is -0.630. The highest BCUT2D eigenvalue weighted by atomic mass is 35.5. The van der Waals surface area contributed by atoms with Gasteiger partial charge >= 0.3 is 5.97 Å². The Hall–Kier alpha value is -1.74. The lowest BCUT2D eigenvalue weighted by atomic mass is 10.1. The van der Waals surface area contributed by atoms with Crippen molar-refractivity contribution in [1.82, 2.24) is 0 Å². The molecule has 4 heteroatoms. The van der Waals surface area contributed by atoms with Crippen LogP contribution in [0.25, 0.3) is 10.8 Å². The molecule has 17 heavy (non-hydrogen) atoms. The van der Waals surface area contributed by atoms with E-state index in [4.69, 9.17) is 21.4 Å². The second-order valence-corrected chi connectivity index (χ2v) is 4.08. The molecule has 3 nitrogen and oxygen atoms in total. The van der Waals surface area contributed by atoms with Gasteiger partial charge in [0.15, 0.2) is 6.10 Å². The van der Waals surface area contributed by atoms with Gasteiger partial charge in [0, 0.05) is 5.39 Å². The number of carbonyl (C=O) groups is 1. The predicted molar refractivity (Wildman–Crippen MR) is 66.7 cm³/mol. The Balaban J connectivity index is 2.42. The molecule has 88 valence electrons. The van der Waals surface area contributed by atoms with Gasteiger partial charge in [-0.1, -0.05) is 41.9 Å². The van der Waals surface area contributed by atoms with Crippen molar-refractivity contribution in [2.45, 2.75) is 13.0 Å². The average molecular weight is 251 g/mol. The van der Waals surface area contributed by atoms with Gasteiger partial charge in [0.1, 0.15) is 5.75 Å². The van der Waals surface area contributed by atoms with Crippen molar-refractivity contribution in [1.29, 1.82) is 0 Å². The molecule has 0 unspecified atom stereocenters. The smallest absolute Gasteiger partial charge is 0.344 e. The van der Waals surface area contributed by atoms with Crippen LogP contribution in [0.15, 0.2) is 36.4 Å². The van der Waals surface area contributed by atoms with Gasteiger partial charge < -0.3 is 9.84 Å². The van der Waals surface area contributed by atoms with Gasteiger partial charge in [-0.3, -0.25) is 0 Å². The SMILES string of the molecule is C[C@H](Oc1ccc2ccccc2c1Cl)C(=O)O. The Morgan fingerprint density at radius 1 is 1.29 bits per heavy atom. The first-order valence-electron chi connectivity index (χ1n) is 5.16. The lowest BCUT2D eigenvalue weighted by Crippen LogP contribution is -2.22. The molecule has 0 heterocycles. The number of aliphatic carboxylic acids is 1. The third-order valence-corrected chi connectivity index (χ3v) is 2.87. The molecule has 0 amide bonds. The van der Waals surface area contributed by atoms with Crippen LogP contribution in [0.1, 0.15) is 6.92 Å². The highest BCUT2D eigenvalue weighted by Gasteiger charge is 2.15. The molecule has 2 aromatic carbocycles. The van der Waals surface area contributed by atoms with Gasteiger partial charge in [-0.25, -0.2) is 4.79 Å². The number of rotatable bonds is 3. The van der Waals surface area contributed by atoms with Crippen LogP contribution in [-0.4, -0.2) is 17.2 Å². The Bertz CT molecular complexity index is 566. The van der Waals surface area contributed by atoms with Crippen molar-refractivity contribution in [2.75, 3.05) is 0 Å². The van der Waals surface area contributed by atoms with Crippen LogP contribution >= 0.6 is 11.6 Å². The predicted octanol–water partition coefficient (Wildman–Crippen LogP) is 3.35. The van der Waals surface area contributed by atoms with E-state index in [0.717, 1.165) is 10.8 Å². The Labute approximate surface area is 104 Å². The summed E-state index contributed by atoms with van der Waals surface area (Å²) < 4.78 is 5.28. The molecule has 0 bridgehead atoms. The van der Waals surface area contributed by atoms with Crippen molar-refractivity contribution in [3.63, 3.8) is 0 Å². The van der Waals surface area contributed by atoms with E-state index < -0.39 is 12.1 Å². The number of carboxylic acid groups (broad SMARTS) is 1. The Morgan fingerprint density at radius 2 is 2.00 bits per heavy atom. The van der Waals surface area contributed by atoms with Gasteiger partial charge in [0.25, 0.3) is 0 Å². The highest BCUT2D eigenvalue weighted by molar-refractivity contribution is 6.37. The van der Waals surface area contributed by atoms with Crippen LogP contribution in [0.3, 0.4) is 0 Å². The molecule has 0 saturated carbocycles. The molecule has 2 aromatic rings. The van der Waals surface area contributed by atoms with Crippen LogP contribution in [0.5, 0.6) is 5.75 Å². The van der Waals surface area contributed by atoms with E-state index in [9.17, 15) is 4.79 Å². The minimum Gasteiger partial charge on any atom is -0.479 e. The zero-order valence-corrected chi connectivity index (χ0v) is 9.94. The summed E-state index contributed by atoms with van der Waals surface area (Å²) >= 11 is 6.17. The molecule has 0 fully saturated rings. The van der Waals surface area contributed by atoms with E-state index in [1.54, 1.807) is 6.07 Å². The lowest BCUT2D eigenvalue weighted by Gasteiger charge is -2.13. The first kappa shape index (κ1) is 11.7. The Morgan fingerprint density at radius 3 is 2.71 bits per heavy atom. The fraction of sp³-hybridized carbons (Fsp3) is 0.154. The van der Waals surface area contributed by atoms with Crippen molar-refractivity contribution >= 4 is 28.3 Å². The molecule has 0 radical (unpaired) electrons. The normalized spacial score (nSPS) is 12.4. The summed E-state index contributed by atoms with van der Waals surface area (Å²) in [6.07, 6.45) is -0.923. The van der Waals surface area contributed by atoms with Crippen LogP contribution in [0, 0.1) is 0 Å². The second kappa shape index (κ2) is 4.63. The van der Waals surface area contributed by atoms with Gasteiger partial charge in [0.05, 0.1) is 5.02 Å². The molecule has 0 aliphatic carbocycles. The first-order valence-corrected chi connectivity index (χ1v) is 5.54. The third-order valence-electron chi connectivity index (χ3n) is 2.48. The first-order chi connectivity index (χ1) is 8.09. The fourth-order valence-corrected chi connectivity index (χ4v) is 1.83. The van der Waals surface area contributed by atoms with Gasteiger partial charge in [0.2, 0.25) is 0 Å². The van der Waals surface area contributed by atoms with Crippen LogP contribution in [0.2, 0.25) is 5.02 Å². The molecule has 0 spiro atoms. The molecule has 0 aliphatic heterocycles. The van der Waals surface area contributed by atoms with E-state index >= 15 is 0 Å². The molecule has 0 aromatic heterocycles. The molecular weight excluding hydrogens is 240 g/mol. The maximum Gasteiger partial charge on any atom is 0.344 e. The summed E-state index contributed by atoms with van der Waals surface area (Å²) in [5.41, 5.74) is 0. The largest absolute Gasteiger partial charge is 0.479 e. The lowest BCUT2D eigenvalue weighted by molar-refractivity contribution is -0.144. The third kappa shape index (κ3) is 2.34. The number of ether oxygens (including phenoxy) is 1. The number of benzene rings is 2. The van der Waals surface area contributed by atoms with Crippen molar-refractivity contribution in [3.05, 3.63) is 41.4 Å². The molecule has 1 N–H and O–H groups in total. The summed E-state index contributed by atoms with van der Waals surface area (Å²) in [7, 11) is 0. The maximum atomic E-state index is 10.7. The van der Waals surface area contributed by atoms with Crippen molar-refractivity contribution < 1.29 is 14.6 Å². The van der Waals surface area contributed by atoms with Crippen LogP contribution in [-0.2, 0) is 4.79 Å². The van der Waals surface area contributed by atoms with E-state index in [1.807, 2.05) is 30.3 Å². The summed E-state index contributed by atoms with van der Waals surface area (Å²) in [5, 5.41) is 11.1. The van der Waals surface area contributed by atoms with Crippen LogP contribution in [0.4, 0.5) is 0 Å². The van der Waals surface area contributed by atoms with E-state index in [2.05, 4.69) is 0 Å². The van der Waals surface area contributed by atoms with Gasteiger partial charge in [-0.15, -0.1) is 0 Å². The van der Waals surface area contributed by atoms with Crippen molar-refractivity contribution in [3.8, 4) is 5.75 Å². The van der Waals surface area contributed by atoms with Gasteiger partial charge in [-0.2, -0.15) is 0 Å². The van der Waals surface area contributed by atoms with E-state index in [1.165, 1.54) is 6.92 Å². The zero-order valence-electron chi connectivity index (χ0n) is 9.18. The standard InChI is InChI=1S/C13H11ClO3/c1-8(13(15)16)17-11-7-6-9-4-2-3-5-10(9)12(11)14/h2-8H,1H3,(H,15,16)/t8-/m0/s1. The number of hydrogen-bond acceptors (Lipinski definition) is 2. The quantitative estimate of drug-likeness (QED) is 0.909. The fourth-order valence-electron chi connectivity index (χ4n) is 1.55. The topological polar surface area (TPSA) is 46.5 Å². The van der Waals surface area contributed by atoms with E-state index in [0.29, 0.717) is 10.8 Å². The average Bonchev–Trinajstić information content (AvgIpc) is 2.33. The minimum absolute atomic E-state index is 0.389. The molecule has 0 aliphatic rings. The van der Waals surface area contributed by atoms with Gasteiger partial charge in [-0.05, 0) is 18.4 Å². The minimum atomic E-state index is -1.02. The number of hydrogen-bond donors (Lipinski definition) is 1. The summed E-state index contributed by atoms with van der Waals surface area (Å²) in [6, 6.07) is 11.1. The highest BCUT2D eigenvalue weighted by Crippen LogP contribution is 2.33. The second-order valence-electron chi connectivity index (χ2n) is 3.70. The number of carboxylic acids is 1. The zero-order chi connectivity index (χ0) is 12.4. The van der Waals surface area contributed by atoms with Crippen LogP contribution < -0.4 is 4.74 Å². The van der Waals surface area contributed by atoms with E-state index in [-0.39, 0.29) is 0 Å². The molecule has 0 saturated heterocycles. The maximum absolute atomic E-state index is 10.7. The summed E-state index contributed by atoms with van der Waals surface area (Å²) in [4.78, 5) is 10.7. The number of halogens is 1. The summed E-state index contributed by atoms with van der Waals surface area (Å²) in [6.45, 7) is 1.47.